The smallest absolute Gasteiger partial charge is 0.348 e. The zero-order valence-corrected chi connectivity index (χ0v) is 15.0. The molecule has 0 bridgehead atoms. The van der Waals surface area contributed by atoms with Crippen molar-refractivity contribution in [1.29, 1.82) is 0 Å². The summed E-state index contributed by atoms with van der Waals surface area (Å²) in [6.07, 6.45) is 0. The van der Waals surface area contributed by atoms with Crippen LogP contribution in [-0.4, -0.2) is 25.7 Å². The molecule has 1 amide bonds. The molecule has 0 saturated carbocycles. The number of hydrogen-bond acceptors (Lipinski definition) is 4. The monoisotopic (exact) mass is 401 g/mol. The Morgan fingerprint density at radius 3 is 2.48 bits per heavy atom. The quantitative estimate of drug-likeness (QED) is 0.709. The number of para-hydroxylation sites is 1. The van der Waals surface area contributed by atoms with E-state index in [0.717, 1.165) is 19.4 Å². The lowest BCUT2D eigenvalue weighted by Gasteiger charge is -2.14. The number of carbonyl (C=O) groups is 1. The number of halogens is 1. The highest BCUT2D eigenvalue weighted by Gasteiger charge is 2.14. The highest BCUT2D eigenvalue weighted by molar-refractivity contribution is 9.10. The molecule has 3 aromatic rings. The van der Waals surface area contributed by atoms with Gasteiger partial charge in [-0.05, 0) is 47.2 Å². The first-order chi connectivity index (χ1) is 12.0. The van der Waals surface area contributed by atoms with E-state index in [-0.39, 0.29) is 18.5 Å². The van der Waals surface area contributed by atoms with Gasteiger partial charge in [-0.2, -0.15) is 9.36 Å². The van der Waals surface area contributed by atoms with Crippen molar-refractivity contribution in [2.75, 3.05) is 0 Å². The van der Waals surface area contributed by atoms with Crippen molar-refractivity contribution in [1.82, 2.24) is 25.1 Å². The first-order valence-electron chi connectivity index (χ1n) is 7.67. The molecule has 25 heavy (non-hydrogen) atoms. The van der Waals surface area contributed by atoms with Gasteiger partial charge in [0.2, 0.25) is 5.91 Å². The molecule has 0 radical (unpaired) electrons. The van der Waals surface area contributed by atoms with Gasteiger partial charge in [0.05, 0.1) is 11.7 Å². The zero-order chi connectivity index (χ0) is 17.8. The van der Waals surface area contributed by atoms with Crippen LogP contribution in [0.4, 0.5) is 0 Å². The van der Waals surface area contributed by atoms with Gasteiger partial charge in [0.1, 0.15) is 6.54 Å². The molecular formula is C17H16BrN5O2. The zero-order valence-electron chi connectivity index (χ0n) is 13.5. The summed E-state index contributed by atoms with van der Waals surface area (Å²) in [5.74, 6) is -0.308. The Hall–Kier alpha value is -2.74. The van der Waals surface area contributed by atoms with Crippen molar-refractivity contribution in [3.63, 3.8) is 0 Å². The minimum atomic E-state index is -0.461. The van der Waals surface area contributed by atoms with Crippen LogP contribution in [0.1, 0.15) is 18.5 Å². The second-order valence-corrected chi connectivity index (χ2v) is 6.42. The molecule has 0 aliphatic rings. The summed E-state index contributed by atoms with van der Waals surface area (Å²) in [4.78, 5) is 24.5. The van der Waals surface area contributed by atoms with E-state index in [1.807, 2.05) is 37.3 Å². The highest BCUT2D eigenvalue weighted by atomic mass is 79.9. The number of aromatic nitrogens is 4. The van der Waals surface area contributed by atoms with E-state index in [1.165, 1.54) is 0 Å². The molecule has 1 N–H and O–H groups in total. The van der Waals surface area contributed by atoms with E-state index in [9.17, 15) is 9.59 Å². The number of benzene rings is 2. The maximum Gasteiger partial charge on any atom is 0.368 e. The van der Waals surface area contributed by atoms with E-state index in [4.69, 9.17) is 0 Å². The molecule has 1 aromatic heterocycles. The van der Waals surface area contributed by atoms with Gasteiger partial charge >= 0.3 is 5.69 Å². The van der Waals surface area contributed by atoms with Crippen LogP contribution in [0.3, 0.4) is 0 Å². The number of amides is 1. The predicted octanol–water partition coefficient (Wildman–Crippen LogP) is 2.07. The van der Waals surface area contributed by atoms with E-state index >= 15 is 0 Å². The van der Waals surface area contributed by atoms with Gasteiger partial charge in [0.15, 0.2) is 0 Å². The molecule has 0 aliphatic carbocycles. The molecule has 128 valence electrons. The summed E-state index contributed by atoms with van der Waals surface area (Å²) in [7, 11) is 0. The number of rotatable bonds is 5. The van der Waals surface area contributed by atoms with Crippen LogP contribution in [-0.2, 0) is 11.3 Å². The molecule has 0 spiro atoms. The van der Waals surface area contributed by atoms with Crippen molar-refractivity contribution in [3.8, 4) is 5.69 Å². The van der Waals surface area contributed by atoms with E-state index in [2.05, 4.69) is 31.7 Å². The molecule has 7 nitrogen and oxygen atoms in total. The normalized spacial score (nSPS) is 11.9. The molecule has 1 atom stereocenters. The largest absolute Gasteiger partial charge is 0.368 e. The molecule has 2 aromatic carbocycles. The molecule has 0 saturated heterocycles. The Morgan fingerprint density at radius 2 is 1.80 bits per heavy atom. The first kappa shape index (κ1) is 17.1. The predicted molar refractivity (Wildman–Crippen MR) is 96.3 cm³/mol. The SMILES string of the molecule is CC(NC(=O)Cn1nnn(-c2ccccc2)c1=O)c1ccc(Br)cc1. The average molecular weight is 402 g/mol. The number of carbonyl (C=O) groups excluding carboxylic acids is 1. The van der Waals surface area contributed by atoms with E-state index in [1.54, 1.807) is 24.3 Å². The van der Waals surface area contributed by atoms with Gasteiger partial charge in [-0.15, -0.1) is 0 Å². The Kier molecular flexibility index (Phi) is 5.08. The van der Waals surface area contributed by atoms with Crippen molar-refractivity contribution >= 4 is 21.8 Å². The van der Waals surface area contributed by atoms with Gasteiger partial charge < -0.3 is 5.32 Å². The van der Waals surface area contributed by atoms with Gasteiger partial charge in [0, 0.05) is 4.47 Å². The minimum absolute atomic E-state index is 0.180. The molecule has 3 rings (SSSR count). The second kappa shape index (κ2) is 7.43. The third-order valence-corrected chi connectivity index (χ3v) is 4.21. The number of tetrazole rings is 1. The van der Waals surface area contributed by atoms with Crippen LogP contribution >= 0.6 is 15.9 Å². The van der Waals surface area contributed by atoms with E-state index in [0.29, 0.717) is 5.69 Å². The summed E-state index contributed by atoms with van der Waals surface area (Å²) in [6.45, 7) is 1.69. The molecule has 0 fully saturated rings. The third-order valence-electron chi connectivity index (χ3n) is 3.68. The number of nitrogens with one attached hydrogen (secondary N) is 1. The number of nitrogens with zero attached hydrogens (tertiary/aromatic N) is 4. The lowest BCUT2D eigenvalue weighted by atomic mass is 10.1. The molecule has 1 heterocycles. The topological polar surface area (TPSA) is 81.8 Å². The summed E-state index contributed by atoms with van der Waals surface area (Å²) in [6, 6.07) is 16.4. The first-order valence-corrected chi connectivity index (χ1v) is 8.47. The Bertz CT molecular complexity index is 918. The lowest BCUT2D eigenvalue weighted by molar-refractivity contribution is -0.122. The maximum atomic E-state index is 12.3. The van der Waals surface area contributed by atoms with Crippen molar-refractivity contribution in [2.24, 2.45) is 0 Å². The van der Waals surface area contributed by atoms with Crippen molar-refractivity contribution in [3.05, 3.63) is 75.1 Å². The van der Waals surface area contributed by atoms with Crippen LogP contribution < -0.4 is 11.0 Å². The fourth-order valence-corrected chi connectivity index (χ4v) is 2.63. The summed E-state index contributed by atoms with van der Waals surface area (Å²) in [5.41, 5.74) is 1.11. The summed E-state index contributed by atoms with van der Waals surface area (Å²) < 4.78 is 3.17. The fraction of sp³-hybridized carbons (Fsp3) is 0.176. The maximum absolute atomic E-state index is 12.3. The lowest BCUT2D eigenvalue weighted by Crippen LogP contribution is -2.34. The van der Waals surface area contributed by atoms with Crippen molar-refractivity contribution < 1.29 is 4.79 Å². The third kappa shape index (κ3) is 4.03. The molecule has 1 unspecified atom stereocenters. The Labute approximate surface area is 152 Å². The van der Waals surface area contributed by atoms with Gasteiger partial charge in [-0.1, -0.05) is 46.3 Å². The minimum Gasteiger partial charge on any atom is -0.348 e. The van der Waals surface area contributed by atoms with Gasteiger partial charge in [-0.25, -0.2) is 4.79 Å². The molecule has 8 heteroatoms. The molecule has 0 aliphatic heterocycles. The van der Waals surface area contributed by atoms with E-state index < -0.39 is 5.69 Å². The molecular weight excluding hydrogens is 386 g/mol. The fourth-order valence-electron chi connectivity index (χ4n) is 2.36. The second-order valence-electron chi connectivity index (χ2n) is 5.51. The summed E-state index contributed by atoms with van der Waals surface area (Å²) in [5, 5.41) is 10.4. The van der Waals surface area contributed by atoms with Crippen LogP contribution in [0, 0.1) is 0 Å². The van der Waals surface area contributed by atoms with Crippen LogP contribution in [0.2, 0.25) is 0 Å². The van der Waals surface area contributed by atoms with Crippen molar-refractivity contribution in [2.45, 2.75) is 19.5 Å². The van der Waals surface area contributed by atoms with Crippen LogP contribution in [0.15, 0.2) is 63.9 Å². The number of hydrogen-bond donors (Lipinski definition) is 1. The standard InChI is InChI=1S/C17H16BrN5O2/c1-12(13-7-9-14(18)10-8-13)19-16(24)11-22-17(25)23(21-20-22)15-5-3-2-4-6-15/h2-10,12H,11H2,1H3,(H,19,24). The summed E-state index contributed by atoms with van der Waals surface area (Å²) >= 11 is 3.38. The highest BCUT2D eigenvalue weighted by Crippen LogP contribution is 2.16. The van der Waals surface area contributed by atoms with Gasteiger partial charge in [0.25, 0.3) is 0 Å². The van der Waals surface area contributed by atoms with Crippen LogP contribution in [0.5, 0.6) is 0 Å². The Balaban J connectivity index is 1.68. The van der Waals surface area contributed by atoms with Gasteiger partial charge in [-0.3, -0.25) is 4.79 Å². The average Bonchev–Trinajstić information content (AvgIpc) is 2.96. The Morgan fingerprint density at radius 1 is 1.12 bits per heavy atom. The van der Waals surface area contributed by atoms with Crippen LogP contribution in [0.25, 0.3) is 5.69 Å².